The van der Waals surface area contributed by atoms with Gasteiger partial charge in [-0.2, -0.15) is 0 Å². The van der Waals surface area contributed by atoms with Crippen LogP contribution in [0, 0.1) is 4.77 Å². The standard InChI is InChI=1S/C18H31N5OS/c1-2-20(15-8-9-15)14-23-18(25)22(13-16-7-6-12-24-16)17(19-23)21-10-4-3-5-11-21/h15-16H,2-14H2,1H3. The van der Waals surface area contributed by atoms with Crippen LogP contribution in [0.1, 0.15) is 51.9 Å². The number of hydrogen-bond acceptors (Lipinski definition) is 5. The summed E-state index contributed by atoms with van der Waals surface area (Å²) < 4.78 is 11.0. The minimum Gasteiger partial charge on any atom is -0.376 e. The Bertz CT molecular complexity index is 626. The van der Waals surface area contributed by atoms with Gasteiger partial charge in [-0.1, -0.05) is 6.92 Å². The van der Waals surface area contributed by atoms with Gasteiger partial charge in [-0.15, -0.1) is 5.10 Å². The number of nitrogens with zero attached hydrogens (tertiary/aromatic N) is 5. The first kappa shape index (κ1) is 17.5. The zero-order valence-electron chi connectivity index (χ0n) is 15.4. The zero-order chi connectivity index (χ0) is 17.2. The highest BCUT2D eigenvalue weighted by Gasteiger charge is 2.29. The molecule has 0 radical (unpaired) electrons. The van der Waals surface area contributed by atoms with Gasteiger partial charge in [-0.25, -0.2) is 4.68 Å². The summed E-state index contributed by atoms with van der Waals surface area (Å²) >= 11 is 5.84. The first-order valence-electron chi connectivity index (χ1n) is 10.0. The van der Waals surface area contributed by atoms with E-state index in [-0.39, 0.29) is 0 Å². The molecule has 1 aromatic rings. The number of ether oxygens (including phenoxy) is 1. The van der Waals surface area contributed by atoms with E-state index in [9.17, 15) is 0 Å². The molecular formula is C18H31N5OS. The van der Waals surface area contributed by atoms with Crippen LogP contribution in [0.4, 0.5) is 5.95 Å². The van der Waals surface area contributed by atoms with Crippen LogP contribution in [0.5, 0.6) is 0 Å². The molecule has 1 aromatic heterocycles. The van der Waals surface area contributed by atoms with Crippen molar-refractivity contribution in [3.8, 4) is 0 Å². The van der Waals surface area contributed by atoms with Crippen molar-refractivity contribution in [1.82, 2.24) is 19.2 Å². The van der Waals surface area contributed by atoms with Gasteiger partial charge in [-0.3, -0.25) is 9.47 Å². The Balaban J connectivity index is 1.59. The molecule has 1 atom stereocenters. The van der Waals surface area contributed by atoms with Gasteiger partial charge in [0, 0.05) is 25.7 Å². The Labute approximate surface area is 155 Å². The molecule has 4 rings (SSSR count). The van der Waals surface area contributed by atoms with Crippen molar-refractivity contribution in [2.45, 2.75) is 77.2 Å². The molecule has 0 aromatic carbocycles. The van der Waals surface area contributed by atoms with Crippen molar-refractivity contribution in [3.63, 3.8) is 0 Å². The summed E-state index contributed by atoms with van der Waals surface area (Å²) in [6.45, 7) is 8.03. The zero-order valence-corrected chi connectivity index (χ0v) is 16.2. The highest BCUT2D eigenvalue weighted by molar-refractivity contribution is 7.71. The highest BCUT2D eigenvalue weighted by atomic mass is 32.1. The summed E-state index contributed by atoms with van der Waals surface area (Å²) in [5.74, 6) is 1.06. The summed E-state index contributed by atoms with van der Waals surface area (Å²) in [6.07, 6.45) is 9.05. The van der Waals surface area contributed by atoms with E-state index in [1.54, 1.807) is 0 Å². The molecule has 7 heteroatoms. The van der Waals surface area contributed by atoms with Crippen LogP contribution in [-0.2, 0) is 18.0 Å². The predicted molar refractivity (Wildman–Crippen MR) is 101 cm³/mol. The monoisotopic (exact) mass is 365 g/mol. The van der Waals surface area contributed by atoms with Gasteiger partial charge in [0.25, 0.3) is 0 Å². The normalized spacial score (nSPS) is 24.4. The Hall–Kier alpha value is -0.920. The van der Waals surface area contributed by atoms with Crippen LogP contribution < -0.4 is 4.90 Å². The number of piperidine rings is 1. The molecule has 0 bridgehead atoms. The molecule has 3 fully saturated rings. The number of anilines is 1. The van der Waals surface area contributed by atoms with E-state index in [0.717, 1.165) is 69.1 Å². The van der Waals surface area contributed by atoms with Crippen LogP contribution in [0.2, 0.25) is 0 Å². The maximum atomic E-state index is 5.88. The molecule has 1 unspecified atom stereocenters. The highest BCUT2D eigenvalue weighted by Crippen LogP contribution is 2.28. The second kappa shape index (κ2) is 7.76. The van der Waals surface area contributed by atoms with Crippen molar-refractivity contribution >= 4 is 18.2 Å². The van der Waals surface area contributed by atoms with Gasteiger partial charge in [0.2, 0.25) is 10.7 Å². The molecule has 6 nitrogen and oxygen atoms in total. The molecule has 1 aliphatic carbocycles. The lowest BCUT2D eigenvalue weighted by Gasteiger charge is -2.28. The molecule has 25 heavy (non-hydrogen) atoms. The van der Waals surface area contributed by atoms with Crippen molar-refractivity contribution in [3.05, 3.63) is 4.77 Å². The van der Waals surface area contributed by atoms with Gasteiger partial charge in [-0.05, 0) is 63.7 Å². The van der Waals surface area contributed by atoms with Crippen LogP contribution in [0.25, 0.3) is 0 Å². The Morgan fingerprint density at radius 3 is 2.60 bits per heavy atom. The molecule has 3 heterocycles. The van der Waals surface area contributed by atoms with E-state index in [0.29, 0.717) is 6.10 Å². The average molecular weight is 366 g/mol. The van der Waals surface area contributed by atoms with E-state index in [1.807, 2.05) is 0 Å². The Kier molecular flexibility index (Phi) is 5.43. The van der Waals surface area contributed by atoms with E-state index in [1.165, 1.54) is 32.1 Å². The smallest absolute Gasteiger partial charge is 0.226 e. The molecule has 2 aliphatic heterocycles. The molecule has 3 aliphatic rings. The first-order valence-corrected chi connectivity index (χ1v) is 10.5. The third-order valence-electron chi connectivity index (χ3n) is 5.74. The van der Waals surface area contributed by atoms with E-state index in [2.05, 4.69) is 26.0 Å². The van der Waals surface area contributed by atoms with Crippen LogP contribution in [0.3, 0.4) is 0 Å². The van der Waals surface area contributed by atoms with Crippen LogP contribution >= 0.6 is 12.2 Å². The lowest BCUT2D eigenvalue weighted by Crippen LogP contribution is -2.33. The molecule has 0 spiro atoms. The Morgan fingerprint density at radius 1 is 1.16 bits per heavy atom. The van der Waals surface area contributed by atoms with Gasteiger partial charge >= 0.3 is 0 Å². The van der Waals surface area contributed by atoms with Crippen molar-refractivity contribution < 1.29 is 4.74 Å². The summed E-state index contributed by atoms with van der Waals surface area (Å²) in [6, 6.07) is 0.730. The van der Waals surface area contributed by atoms with Gasteiger partial charge in [0.15, 0.2) is 0 Å². The van der Waals surface area contributed by atoms with Crippen LogP contribution in [0.15, 0.2) is 0 Å². The molecule has 140 valence electrons. The lowest BCUT2D eigenvalue weighted by atomic mass is 10.1. The lowest BCUT2D eigenvalue weighted by molar-refractivity contribution is 0.0965. The maximum Gasteiger partial charge on any atom is 0.226 e. The van der Waals surface area contributed by atoms with E-state index in [4.69, 9.17) is 22.1 Å². The minimum absolute atomic E-state index is 0.290. The van der Waals surface area contributed by atoms with Crippen molar-refractivity contribution in [1.29, 1.82) is 0 Å². The maximum absolute atomic E-state index is 5.88. The molecule has 2 saturated heterocycles. The van der Waals surface area contributed by atoms with Crippen LogP contribution in [-0.4, -0.2) is 57.6 Å². The fourth-order valence-corrected chi connectivity index (χ4v) is 4.34. The summed E-state index contributed by atoms with van der Waals surface area (Å²) in [7, 11) is 0. The van der Waals surface area contributed by atoms with Gasteiger partial charge in [0.05, 0.1) is 19.3 Å². The Morgan fingerprint density at radius 2 is 1.96 bits per heavy atom. The fraction of sp³-hybridized carbons (Fsp3) is 0.889. The summed E-state index contributed by atoms with van der Waals surface area (Å²) in [4.78, 5) is 4.93. The molecular weight excluding hydrogens is 334 g/mol. The topological polar surface area (TPSA) is 38.5 Å². The molecule has 0 amide bonds. The average Bonchev–Trinajstić information content (AvgIpc) is 3.27. The second-order valence-corrected chi connectivity index (χ2v) is 8.02. The predicted octanol–water partition coefficient (Wildman–Crippen LogP) is 3.03. The largest absolute Gasteiger partial charge is 0.376 e. The number of hydrogen-bond donors (Lipinski definition) is 0. The quantitative estimate of drug-likeness (QED) is 0.695. The van der Waals surface area contributed by atoms with E-state index >= 15 is 0 Å². The van der Waals surface area contributed by atoms with Crippen molar-refractivity contribution in [2.75, 3.05) is 31.1 Å². The summed E-state index contributed by atoms with van der Waals surface area (Å²) in [5, 5.41) is 4.98. The van der Waals surface area contributed by atoms with Crippen molar-refractivity contribution in [2.24, 2.45) is 0 Å². The minimum atomic E-state index is 0.290. The third kappa shape index (κ3) is 3.93. The molecule has 1 saturated carbocycles. The number of rotatable bonds is 7. The molecule has 0 N–H and O–H groups in total. The third-order valence-corrected chi connectivity index (χ3v) is 6.17. The van der Waals surface area contributed by atoms with Gasteiger partial charge in [0.1, 0.15) is 0 Å². The van der Waals surface area contributed by atoms with Gasteiger partial charge < -0.3 is 9.64 Å². The second-order valence-electron chi connectivity index (χ2n) is 7.65. The first-order chi connectivity index (χ1) is 12.3. The summed E-state index contributed by atoms with van der Waals surface area (Å²) in [5.41, 5.74) is 0. The SMILES string of the molecule is CCN(Cn1nc(N2CCCCC2)n(CC2CCCO2)c1=S)C1CC1. The van der Waals surface area contributed by atoms with E-state index < -0.39 is 0 Å². The number of aromatic nitrogens is 3. The fourth-order valence-electron chi connectivity index (χ4n) is 4.09.